The predicted molar refractivity (Wildman–Crippen MR) is 204 cm³/mol. The number of hydrogen-bond donors (Lipinski definition) is 2. The molecule has 2 N–H and O–H groups in total. The lowest BCUT2D eigenvalue weighted by atomic mass is 9.79. The summed E-state index contributed by atoms with van der Waals surface area (Å²) in [5.41, 5.74) is 6.43. The Morgan fingerprint density at radius 3 is 1.06 bits per heavy atom. The summed E-state index contributed by atoms with van der Waals surface area (Å²) in [6.07, 6.45) is 0. The molecule has 0 aliphatic rings. The molecule has 6 nitrogen and oxygen atoms in total. The molecule has 0 saturated carbocycles. The molecule has 0 unspecified atom stereocenters. The van der Waals surface area contributed by atoms with E-state index >= 15 is 0 Å². The Hall–Kier alpha value is -4.71. The number of nitrogens with one attached hydrogen (secondary N) is 2. The number of rotatable bonds is 4. The zero-order valence-corrected chi connectivity index (χ0v) is 31.1. The Labute approximate surface area is 290 Å². The maximum Gasteiger partial charge on any atom is 0.255 e. The van der Waals surface area contributed by atoms with Crippen molar-refractivity contribution in [3.8, 4) is 0 Å². The van der Waals surface area contributed by atoms with Crippen molar-refractivity contribution < 1.29 is 14.0 Å². The van der Waals surface area contributed by atoms with E-state index in [9.17, 15) is 14.4 Å². The van der Waals surface area contributed by atoms with Crippen molar-refractivity contribution in [2.45, 2.75) is 105 Å². The lowest BCUT2D eigenvalue weighted by Crippen LogP contribution is -2.20. The van der Waals surface area contributed by atoms with Crippen LogP contribution < -0.4 is 16.1 Å². The summed E-state index contributed by atoms with van der Waals surface area (Å²) in [6, 6.07) is 22.3. The Morgan fingerprint density at radius 2 is 0.776 bits per heavy atom. The van der Waals surface area contributed by atoms with Gasteiger partial charge in [-0.25, -0.2) is 0 Å². The van der Waals surface area contributed by atoms with Gasteiger partial charge in [-0.3, -0.25) is 14.4 Å². The molecule has 0 fully saturated rings. The minimum Gasteiger partial charge on any atom is -0.456 e. The lowest BCUT2D eigenvalue weighted by Gasteiger charge is -2.26. The van der Waals surface area contributed by atoms with Crippen LogP contribution in [0.25, 0.3) is 21.9 Å². The van der Waals surface area contributed by atoms with Gasteiger partial charge in [0, 0.05) is 22.5 Å². The van der Waals surface area contributed by atoms with Crippen LogP contribution in [0.5, 0.6) is 0 Å². The highest BCUT2D eigenvalue weighted by Crippen LogP contribution is 2.33. The molecule has 1 aromatic heterocycles. The standard InChI is InChI=1S/C43H50N2O4/c1-40(2,3)27-17-25(18-28(21-27)41(4,5)6)38(47)44-31-13-15-35-33(23-31)37(46)34-24-32(14-16-36(34)49-35)45-39(48)26-19-29(42(7,8)9)22-30(20-26)43(10,11)12/h13-24H,1-12H3,(H,44,47)(H,45,48). The quantitative estimate of drug-likeness (QED) is 0.188. The summed E-state index contributed by atoms with van der Waals surface area (Å²) in [4.78, 5) is 41.0. The van der Waals surface area contributed by atoms with Crippen molar-refractivity contribution in [2.24, 2.45) is 0 Å². The first-order chi connectivity index (χ1) is 22.5. The monoisotopic (exact) mass is 658 g/mol. The van der Waals surface area contributed by atoms with Gasteiger partial charge in [-0.05, 0) is 105 Å². The van der Waals surface area contributed by atoms with E-state index in [1.54, 1.807) is 36.4 Å². The molecular formula is C43H50N2O4. The predicted octanol–water partition coefficient (Wildman–Crippen LogP) is 10.6. The van der Waals surface area contributed by atoms with Gasteiger partial charge in [-0.1, -0.05) is 95.2 Å². The number of amides is 2. The molecule has 0 aliphatic heterocycles. The van der Waals surface area contributed by atoms with Crippen molar-refractivity contribution in [1.82, 2.24) is 0 Å². The molecule has 1 heterocycles. The zero-order chi connectivity index (χ0) is 36.3. The van der Waals surface area contributed by atoms with Crippen LogP contribution in [0.4, 0.5) is 11.4 Å². The third-order valence-electron chi connectivity index (χ3n) is 9.04. The summed E-state index contributed by atoms with van der Waals surface area (Å²) in [6.45, 7) is 25.6. The molecular weight excluding hydrogens is 608 g/mol. The number of anilines is 2. The van der Waals surface area contributed by atoms with Gasteiger partial charge in [0.1, 0.15) is 11.2 Å². The van der Waals surface area contributed by atoms with E-state index in [-0.39, 0.29) is 38.9 Å². The summed E-state index contributed by atoms with van der Waals surface area (Å²) < 4.78 is 6.10. The largest absolute Gasteiger partial charge is 0.456 e. The van der Waals surface area contributed by atoms with E-state index in [1.807, 2.05) is 24.3 Å². The molecule has 5 aromatic rings. The van der Waals surface area contributed by atoms with Crippen molar-refractivity contribution in [2.75, 3.05) is 10.6 Å². The van der Waals surface area contributed by atoms with Gasteiger partial charge in [0.25, 0.3) is 11.8 Å². The third-order valence-corrected chi connectivity index (χ3v) is 9.04. The molecule has 5 rings (SSSR count). The first-order valence-corrected chi connectivity index (χ1v) is 17.0. The Morgan fingerprint density at radius 1 is 0.469 bits per heavy atom. The van der Waals surface area contributed by atoms with E-state index in [2.05, 4.69) is 106 Å². The van der Waals surface area contributed by atoms with Crippen molar-refractivity contribution in [1.29, 1.82) is 0 Å². The molecule has 2 amide bonds. The highest BCUT2D eigenvalue weighted by atomic mass is 16.3. The fraction of sp³-hybridized carbons (Fsp3) is 0.372. The smallest absolute Gasteiger partial charge is 0.255 e. The maximum absolute atomic E-state index is 13.8. The Kier molecular flexibility index (Phi) is 8.95. The van der Waals surface area contributed by atoms with Crippen LogP contribution >= 0.6 is 0 Å². The normalized spacial score (nSPS) is 12.7. The molecule has 0 radical (unpaired) electrons. The number of benzene rings is 4. The second kappa shape index (κ2) is 12.3. The van der Waals surface area contributed by atoms with Gasteiger partial charge in [0.05, 0.1) is 10.8 Å². The van der Waals surface area contributed by atoms with Gasteiger partial charge in [-0.2, -0.15) is 0 Å². The fourth-order valence-corrected chi connectivity index (χ4v) is 5.67. The third kappa shape index (κ3) is 7.80. The van der Waals surface area contributed by atoms with Crippen LogP contribution in [0, 0.1) is 0 Å². The van der Waals surface area contributed by atoms with Crippen LogP contribution in [-0.2, 0) is 21.7 Å². The molecule has 4 aromatic carbocycles. The van der Waals surface area contributed by atoms with Gasteiger partial charge in [0.2, 0.25) is 5.43 Å². The summed E-state index contributed by atoms with van der Waals surface area (Å²) in [5.74, 6) is -0.507. The molecule has 0 spiro atoms. The number of fused-ring (bicyclic) bond motifs is 2. The molecule has 6 heteroatoms. The lowest BCUT2D eigenvalue weighted by molar-refractivity contribution is 0.101. The van der Waals surface area contributed by atoms with Gasteiger partial charge in [0.15, 0.2) is 0 Å². The van der Waals surface area contributed by atoms with Crippen LogP contribution in [0.15, 0.2) is 82.0 Å². The summed E-state index contributed by atoms with van der Waals surface area (Å²) >= 11 is 0. The number of hydrogen-bond acceptors (Lipinski definition) is 4. The van der Waals surface area contributed by atoms with E-state index < -0.39 is 0 Å². The highest BCUT2D eigenvalue weighted by molar-refractivity contribution is 6.07. The molecule has 0 bridgehead atoms. The summed E-state index contributed by atoms with van der Waals surface area (Å²) in [7, 11) is 0. The van der Waals surface area contributed by atoms with E-state index in [4.69, 9.17) is 4.42 Å². The number of carbonyl (C=O) groups is 2. The van der Waals surface area contributed by atoms with Gasteiger partial charge < -0.3 is 15.1 Å². The van der Waals surface area contributed by atoms with Crippen LogP contribution in [-0.4, -0.2) is 11.8 Å². The maximum atomic E-state index is 13.8. The highest BCUT2D eigenvalue weighted by Gasteiger charge is 2.24. The van der Waals surface area contributed by atoms with Crippen LogP contribution in [0.1, 0.15) is 126 Å². The van der Waals surface area contributed by atoms with Crippen molar-refractivity contribution >= 4 is 45.1 Å². The minimum atomic E-state index is -0.253. The minimum absolute atomic E-state index is 0.136. The molecule has 49 heavy (non-hydrogen) atoms. The molecule has 0 atom stereocenters. The summed E-state index contributed by atoms with van der Waals surface area (Å²) in [5, 5.41) is 6.65. The van der Waals surface area contributed by atoms with Crippen LogP contribution in [0.2, 0.25) is 0 Å². The topological polar surface area (TPSA) is 88.4 Å². The van der Waals surface area contributed by atoms with Crippen LogP contribution in [0.3, 0.4) is 0 Å². The van der Waals surface area contributed by atoms with E-state index in [0.29, 0.717) is 44.4 Å². The van der Waals surface area contributed by atoms with Gasteiger partial charge >= 0.3 is 0 Å². The molecule has 256 valence electrons. The van der Waals surface area contributed by atoms with Crippen molar-refractivity contribution in [3.63, 3.8) is 0 Å². The first-order valence-electron chi connectivity index (χ1n) is 17.0. The van der Waals surface area contributed by atoms with Gasteiger partial charge in [-0.15, -0.1) is 0 Å². The molecule has 0 saturated heterocycles. The van der Waals surface area contributed by atoms with E-state index in [0.717, 1.165) is 22.3 Å². The second-order valence-corrected chi connectivity index (χ2v) is 17.4. The second-order valence-electron chi connectivity index (χ2n) is 17.4. The fourth-order valence-electron chi connectivity index (χ4n) is 5.67. The average Bonchev–Trinajstić information content (AvgIpc) is 2.99. The first kappa shape index (κ1) is 35.6. The van der Waals surface area contributed by atoms with E-state index in [1.165, 1.54) is 0 Å². The SMILES string of the molecule is CC(C)(C)c1cc(C(=O)Nc2ccc3oc4ccc(NC(=O)c5cc(C(C)(C)C)cc(C(C)(C)C)c5)cc4c(=O)c3c2)cc(C(C)(C)C)c1. The van der Waals surface area contributed by atoms with Crippen molar-refractivity contribution in [3.05, 3.63) is 116 Å². The average molecular weight is 659 g/mol. The number of carbonyl (C=O) groups excluding carboxylic acids is 2. The Balaban J connectivity index is 1.47. The Bertz CT molecular complexity index is 1950. The zero-order valence-electron chi connectivity index (χ0n) is 31.1. The molecule has 0 aliphatic carbocycles.